The van der Waals surface area contributed by atoms with Gasteiger partial charge in [-0.05, 0) is 44.1 Å². The molecule has 1 saturated heterocycles. The molecule has 2 unspecified atom stereocenters. The van der Waals surface area contributed by atoms with Crippen molar-refractivity contribution in [3.63, 3.8) is 0 Å². The van der Waals surface area contributed by atoms with Crippen LogP contribution in [0, 0.1) is 5.41 Å². The molecular formula is C20H23F2N5O2. The Morgan fingerprint density at radius 3 is 3.03 bits per heavy atom. The van der Waals surface area contributed by atoms with E-state index in [0.717, 1.165) is 12.5 Å². The van der Waals surface area contributed by atoms with E-state index in [1.165, 1.54) is 16.7 Å². The molecule has 2 aliphatic rings. The lowest BCUT2D eigenvalue weighted by Crippen LogP contribution is -2.47. The van der Waals surface area contributed by atoms with Crippen LogP contribution in [0.3, 0.4) is 0 Å². The van der Waals surface area contributed by atoms with Crippen molar-refractivity contribution in [1.29, 1.82) is 0 Å². The maximum atomic E-state index is 14.8. The van der Waals surface area contributed by atoms with Gasteiger partial charge in [0.05, 0.1) is 6.61 Å². The molecule has 9 heteroatoms. The number of carbonyl (C=O) groups excluding carboxylic acids is 1. The Bertz CT molecular complexity index is 1020. The summed E-state index contributed by atoms with van der Waals surface area (Å²) in [7, 11) is 0. The number of esters is 1. The minimum absolute atomic E-state index is 0.0317. The van der Waals surface area contributed by atoms with E-state index in [-0.39, 0.29) is 29.7 Å². The highest BCUT2D eigenvalue weighted by Crippen LogP contribution is 2.44. The van der Waals surface area contributed by atoms with E-state index < -0.39 is 23.4 Å². The monoisotopic (exact) mass is 403 g/mol. The number of hydrogen-bond acceptors (Lipinski definition) is 6. The van der Waals surface area contributed by atoms with Gasteiger partial charge in [-0.15, -0.1) is 5.10 Å². The van der Waals surface area contributed by atoms with Gasteiger partial charge >= 0.3 is 5.97 Å². The maximum Gasteiger partial charge on any atom is 0.345 e. The Morgan fingerprint density at radius 1 is 1.48 bits per heavy atom. The third-order valence-corrected chi connectivity index (χ3v) is 5.71. The van der Waals surface area contributed by atoms with Gasteiger partial charge in [-0.25, -0.2) is 23.1 Å². The number of carbonyl (C=O) groups is 1. The van der Waals surface area contributed by atoms with Crippen molar-refractivity contribution < 1.29 is 18.3 Å². The van der Waals surface area contributed by atoms with Gasteiger partial charge in [-0.3, -0.25) is 0 Å². The molecule has 29 heavy (non-hydrogen) atoms. The normalized spacial score (nSPS) is 26.8. The summed E-state index contributed by atoms with van der Waals surface area (Å²) in [5.74, 6) is -0.447. The lowest BCUT2D eigenvalue weighted by Gasteiger charge is -2.41. The van der Waals surface area contributed by atoms with E-state index in [9.17, 15) is 13.6 Å². The second-order valence-electron chi connectivity index (χ2n) is 7.54. The molecule has 0 aromatic carbocycles. The highest BCUT2D eigenvalue weighted by atomic mass is 19.1. The number of allylic oxidation sites excluding steroid dienone is 3. The highest BCUT2D eigenvalue weighted by molar-refractivity contribution is 6.00. The van der Waals surface area contributed by atoms with Gasteiger partial charge in [-0.1, -0.05) is 6.92 Å². The average molecular weight is 403 g/mol. The number of anilines is 2. The number of hydrogen-bond donors (Lipinski definition) is 1. The van der Waals surface area contributed by atoms with Crippen molar-refractivity contribution >= 4 is 23.3 Å². The molecule has 0 saturated carbocycles. The first-order valence-corrected chi connectivity index (χ1v) is 9.64. The molecule has 0 radical (unpaired) electrons. The Morgan fingerprint density at radius 2 is 2.28 bits per heavy atom. The smallest absolute Gasteiger partial charge is 0.345 e. The molecule has 3 atom stereocenters. The number of halogens is 2. The van der Waals surface area contributed by atoms with Crippen molar-refractivity contribution in [1.82, 2.24) is 14.6 Å². The first kappa shape index (κ1) is 19.4. The zero-order valence-electron chi connectivity index (χ0n) is 16.3. The van der Waals surface area contributed by atoms with Crippen LogP contribution in [0.5, 0.6) is 0 Å². The van der Waals surface area contributed by atoms with Crippen molar-refractivity contribution in [2.45, 2.75) is 38.9 Å². The van der Waals surface area contributed by atoms with Crippen LogP contribution in [0.1, 0.15) is 37.0 Å². The maximum absolute atomic E-state index is 14.8. The molecule has 3 heterocycles. The van der Waals surface area contributed by atoms with Gasteiger partial charge < -0.3 is 15.4 Å². The van der Waals surface area contributed by atoms with E-state index >= 15 is 0 Å². The largest absolute Gasteiger partial charge is 0.462 e. The molecule has 2 N–H and O–H groups in total. The first-order valence-electron chi connectivity index (χ1n) is 9.64. The Kier molecular flexibility index (Phi) is 4.76. The fraction of sp³-hybridized carbons (Fsp3) is 0.450. The number of alkyl halides is 1. The fourth-order valence-electron chi connectivity index (χ4n) is 4.27. The van der Waals surface area contributed by atoms with Crippen LogP contribution in [0.25, 0.3) is 5.65 Å². The molecule has 4 rings (SSSR count). The van der Waals surface area contributed by atoms with Crippen LogP contribution in [0.4, 0.5) is 20.4 Å². The molecule has 1 aliphatic carbocycles. The van der Waals surface area contributed by atoms with E-state index in [1.54, 1.807) is 26.1 Å². The minimum atomic E-state index is -1.31. The topological polar surface area (TPSA) is 85.8 Å². The summed E-state index contributed by atoms with van der Waals surface area (Å²) in [6.07, 6.45) is 5.66. The molecule has 0 amide bonds. The van der Waals surface area contributed by atoms with Crippen LogP contribution < -0.4 is 10.6 Å². The quantitative estimate of drug-likeness (QED) is 0.789. The van der Waals surface area contributed by atoms with Crippen molar-refractivity contribution in [2.75, 3.05) is 23.8 Å². The third kappa shape index (κ3) is 3.14. The van der Waals surface area contributed by atoms with Gasteiger partial charge in [0.15, 0.2) is 11.5 Å². The van der Waals surface area contributed by atoms with Crippen LogP contribution >= 0.6 is 0 Å². The van der Waals surface area contributed by atoms with Gasteiger partial charge in [0, 0.05) is 24.2 Å². The van der Waals surface area contributed by atoms with E-state index in [1.807, 2.05) is 4.90 Å². The van der Waals surface area contributed by atoms with E-state index in [0.29, 0.717) is 18.8 Å². The molecule has 0 bridgehead atoms. The van der Waals surface area contributed by atoms with Crippen LogP contribution in [-0.2, 0) is 4.74 Å². The van der Waals surface area contributed by atoms with Crippen LogP contribution in [-0.4, -0.2) is 45.9 Å². The van der Waals surface area contributed by atoms with Gasteiger partial charge in [0.1, 0.15) is 23.4 Å². The van der Waals surface area contributed by atoms with Crippen molar-refractivity contribution in [3.05, 3.63) is 41.9 Å². The number of nitrogen functional groups attached to an aromatic ring is 1. The molecule has 2 aromatic heterocycles. The predicted molar refractivity (Wildman–Crippen MR) is 105 cm³/mol. The lowest BCUT2D eigenvalue weighted by molar-refractivity contribution is 0.0529. The number of aromatic nitrogens is 3. The zero-order chi connectivity index (χ0) is 20.8. The molecule has 154 valence electrons. The number of nitrogens with two attached hydrogens (primary N) is 1. The minimum Gasteiger partial charge on any atom is -0.462 e. The summed E-state index contributed by atoms with van der Waals surface area (Å²) >= 11 is 0. The SMILES string of the molecule is CCOC(=O)c1c(N)nn2ccc(N3CCC[C@@H]3C3(C)C=C(F)C=CC3F)nc12. The van der Waals surface area contributed by atoms with Gasteiger partial charge in [0.2, 0.25) is 0 Å². The lowest BCUT2D eigenvalue weighted by atomic mass is 9.74. The Labute approximate surface area is 166 Å². The molecule has 2 aromatic rings. The number of ether oxygens (including phenoxy) is 1. The highest BCUT2D eigenvalue weighted by Gasteiger charge is 2.46. The summed E-state index contributed by atoms with van der Waals surface area (Å²) in [5.41, 5.74) is 5.25. The van der Waals surface area contributed by atoms with Crippen LogP contribution in [0.2, 0.25) is 0 Å². The summed E-state index contributed by atoms with van der Waals surface area (Å²) in [6.45, 7) is 4.27. The van der Waals surface area contributed by atoms with Gasteiger partial charge in [-0.2, -0.15) is 0 Å². The standard InChI is InChI=1S/C20H23F2N5O2/c1-3-29-19(28)16-17(23)25-27-10-8-15(24-18(16)27)26-9-4-5-14(26)20(2)11-12(21)6-7-13(20)22/h6-8,10-11,13-14H,3-5,9H2,1-2H3,(H2,23,25)/t13?,14-,20?/m1/s1. The van der Waals surface area contributed by atoms with Gasteiger partial charge in [0.25, 0.3) is 0 Å². The van der Waals surface area contributed by atoms with Crippen molar-refractivity contribution in [2.24, 2.45) is 5.41 Å². The second-order valence-corrected chi connectivity index (χ2v) is 7.54. The number of nitrogens with zero attached hydrogens (tertiary/aromatic N) is 4. The molecule has 1 fully saturated rings. The molecule has 0 spiro atoms. The molecule has 1 aliphatic heterocycles. The molecule has 7 nitrogen and oxygen atoms in total. The summed E-state index contributed by atoms with van der Waals surface area (Å²) < 4.78 is 35.3. The zero-order valence-corrected chi connectivity index (χ0v) is 16.3. The van der Waals surface area contributed by atoms with Crippen molar-refractivity contribution in [3.8, 4) is 0 Å². The second kappa shape index (κ2) is 7.13. The number of rotatable bonds is 4. The summed E-state index contributed by atoms with van der Waals surface area (Å²) in [4.78, 5) is 18.9. The predicted octanol–water partition coefficient (Wildman–Crippen LogP) is 3.22. The Hall–Kier alpha value is -2.97. The number of fused-ring (bicyclic) bond motifs is 1. The first-order chi connectivity index (χ1) is 13.8. The Balaban J connectivity index is 1.75. The van der Waals surface area contributed by atoms with E-state index in [2.05, 4.69) is 10.1 Å². The average Bonchev–Trinajstić information content (AvgIpc) is 3.28. The summed E-state index contributed by atoms with van der Waals surface area (Å²) in [5, 5.41) is 4.11. The molecular weight excluding hydrogens is 380 g/mol. The summed E-state index contributed by atoms with van der Waals surface area (Å²) in [6, 6.07) is 1.46. The third-order valence-electron chi connectivity index (χ3n) is 5.71. The fourth-order valence-corrected chi connectivity index (χ4v) is 4.27. The van der Waals surface area contributed by atoms with E-state index in [4.69, 9.17) is 10.5 Å². The van der Waals surface area contributed by atoms with Crippen LogP contribution in [0.15, 0.2) is 36.3 Å².